The zero-order valence-electron chi connectivity index (χ0n) is 14.2. The highest BCUT2D eigenvalue weighted by Gasteiger charge is 2.60. The molecule has 0 bridgehead atoms. The van der Waals surface area contributed by atoms with Crippen molar-refractivity contribution >= 4 is 12.1 Å². The lowest BCUT2D eigenvalue weighted by atomic mass is 9.62. The van der Waals surface area contributed by atoms with Crippen LogP contribution >= 0.6 is 0 Å². The van der Waals surface area contributed by atoms with Gasteiger partial charge in [-0.2, -0.15) is 0 Å². The molecule has 1 amide bonds. The molecule has 0 N–H and O–H groups in total. The van der Waals surface area contributed by atoms with Crippen molar-refractivity contribution in [3.05, 3.63) is 35.9 Å². The van der Waals surface area contributed by atoms with Crippen LogP contribution in [0.3, 0.4) is 0 Å². The minimum atomic E-state index is -0.487. The van der Waals surface area contributed by atoms with Gasteiger partial charge in [-0.1, -0.05) is 43.7 Å². The third-order valence-corrected chi connectivity index (χ3v) is 5.24. The van der Waals surface area contributed by atoms with Crippen LogP contribution in [0.1, 0.15) is 38.2 Å². The molecule has 5 heteroatoms. The van der Waals surface area contributed by atoms with Crippen LogP contribution in [0.25, 0.3) is 0 Å². The van der Waals surface area contributed by atoms with E-state index < -0.39 is 5.41 Å². The third-order valence-electron chi connectivity index (χ3n) is 5.24. The molecule has 1 aromatic carbocycles. The van der Waals surface area contributed by atoms with Gasteiger partial charge in [0.1, 0.15) is 6.61 Å². The van der Waals surface area contributed by atoms with Gasteiger partial charge in [-0.05, 0) is 30.7 Å². The zero-order chi connectivity index (χ0) is 17.0. The summed E-state index contributed by atoms with van der Waals surface area (Å²) in [6.45, 7) is 3.82. The number of hydrogen-bond donors (Lipinski definition) is 0. The monoisotopic (exact) mass is 331 g/mol. The summed E-state index contributed by atoms with van der Waals surface area (Å²) < 4.78 is 10.8. The number of esters is 1. The number of unbranched alkanes of at least 4 members (excludes halogenated alkanes) is 1. The number of carbonyl (C=O) groups excluding carboxylic acids is 2. The number of hydrogen-bond acceptors (Lipinski definition) is 4. The molecule has 2 unspecified atom stereocenters. The molecule has 130 valence electrons. The largest absolute Gasteiger partial charge is 0.465 e. The van der Waals surface area contributed by atoms with E-state index in [-0.39, 0.29) is 24.6 Å². The predicted molar refractivity (Wildman–Crippen MR) is 89.2 cm³/mol. The van der Waals surface area contributed by atoms with Crippen LogP contribution in [0.15, 0.2) is 30.3 Å². The van der Waals surface area contributed by atoms with Gasteiger partial charge in [-0.15, -0.1) is 0 Å². The number of likely N-dealkylation sites (tertiary alicyclic amines) is 1. The van der Waals surface area contributed by atoms with Crippen LogP contribution in [0, 0.1) is 11.3 Å². The summed E-state index contributed by atoms with van der Waals surface area (Å²) in [5.41, 5.74) is 0.473. The maximum absolute atomic E-state index is 12.5. The van der Waals surface area contributed by atoms with E-state index in [1.807, 2.05) is 30.3 Å². The number of amides is 1. The van der Waals surface area contributed by atoms with E-state index >= 15 is 0 Å². The molecule has 2 fully saturated rings. The Kier molecular flexibility index (Phi) is 5.07. The molecule has 0 radical (unpaired) electrons. The van der Waals surface area contributed by atoms with Crippen molar-refractivity contribution in [3.8, 4) is 0 Å². The average Bonchev–Trinajstić information content (AvgIpc) is 2.86. The van der Waals surface area contributed by atoms with Gasteiger partial charge in [0.05, 0.1) is 12.0 Å². The normalized spacial score (nSPS) is 24.9. The fourth-order valence-corrected chi connectivity index (χ4v) is 3.58. The Morgan fingerprint density at radius 3 is 2.71 bits per heavy atom. The fourth-order valence-electron chi connectivity index (χ4n) is 3.58. The number of ether oxygens (including phenoxy) is 2. The molecular formula is C19H25NO4. The molecule has 24 heavy (non-hydrogen) atoms. The summed E-state index contributed by atoms with van der Waals surface area (Å²) in [6, 6.07) is 9.61. The Hall–Kier alpha value is -2.04. The molecular weight excluding hydrogens is 306 g/mol. The van der Waals surface area contributed by atoms with Gasteiger partial charge in [0.15, 0.2) is 0 Å². The molecule has 1 saturated heterocycles. The Morgan fingerprint density at radius 2 is 2.04 bits per heavy atom. The molecule has 2 atom stereocenters. The van der Waals surface area contributed by atoms with Crippen LogP contribution in [-0.4, -0.2) is 36.7 Å². The molecule has 1 saturated carbocycles. The highest BCUT2D eigenvalue weighted by Crippen LogP contribution is 2.52. The Bertz CT molecular complexity index is 588. The first-order valence-corrected chi connectivity index (χ1v) is 8.78. The second-order valence-electron chi connectivity index (χ2n) is 6.80. The first-order valence-electron chi connectivity index (χ1n) is 8.78. The van der Waals surface area contributed by atoms with E-state index in [0.29, 0.717) is 19.7 Å². The molecule has 5 nitrogen and oxygen atoms in total. The van der Waals surface area contributed by atoms with Gasteiger partial charge in [0, 0.05) is 13.1 Å². The van der Waals surface area contributed by atoms with E-state index in [0.717, 1.165) is 31.2 Å². The molecule has 0 aromatic heterocycles. The van der Waals surface area contributed by atoms with Crippen LogP contribution in [0.2, 0.25) is 0 Å². The molecule has 1 aliphatic heterocycles. The van der Waals surface area contributed by atoms with Crippen molar-refractivity contribution in [1.29, 1.82) is 0 Å². The van der Waals surface area contributed by atoms with Crippen LogP contribution < -0.4 is 0 Å². The maximum Gasteiger partial charge on any atom is 0.410 e. The van der Waals surface area contributed by atoms with Crippen molar-refractivity contribution in [1.82, 2.24) is 4.90 Å². The van der Waals surface area contributed by atoms with Gasteiger partial charge in [0.25, 0.3) is 0 Å². The number of rotatable bonds is 6. The molecule has 0 spiro atoms. The molecule has 3 rings (SSSR count). The second-order valence-corrected chi connectivity index (χ2v) is 6.80. The quantitative estimate of drug-likeness (QED) is 0.592. The van der Waals surface area contributed by atoms with Crippen molar-refractivity contribution < 1.29 is 19.1 Å². The second kappa shape index (κ2) is 7.24. The number of benzene rings is 1. The van der Waals surface area contributed by atoms with E-state index in [4.69, 9.17) is 9.47 Å². The van der Waals surface area contributed by atoms with Crippen LogP contribution in [0.5, 0.6) is 0 Å². The van der Waals surface area contributed by atoms with Crippen molar-refractivity contribution in [2.45, 2.75) is 39.2 Å². The summed E-state index contributed by atoms with van der Waals surface area (Å²) >= 11 is 0. The van der Waals surface area contributed by atoms with Gasteiger partial charge in [-0.25, -0.2) is 4.79 Å². The number of fused-ring (bicyclic) bond motifs is 1. The van der Waals surface area contributed by atoms with Crippen molar-refractivity contribution in [2.75, 3.05) is 19.7 Å². The highest BCUT2D eigenvalue weighted by molar-refractivity contribution is 5.81. The average molecular weight is 331 g/mol. The summed E-state index contributed by atoms with van der Waals surface area (Å²) in [6.07, 6.45) is 3.34. The van der Waals surface area contributed by atoms with Crippen LogP contribution in [0.4, 0.5) is 4.79 Å². The maximum atomic E-state index is 12.5. The molecule has 1 aliphatic carbocycles. The third kappa shape index (κ3) is 3.25. The molecule has 1 heterocycles. The van der Waals surface area contributed by atoms with Gasteiger partial charge >= 0.3 is 12.1 Å². The fraction of sp³-hybridized carbons (Fsp3) is 0.579. The predicted octanol–water partition coefficient (Wildman–Crippen LogP) is 3.38. The minimum Gasteiger partial charge on any atom is -0.465 e. The first-order chi connectivity index (χ1) is 11.7. The van der Waals surface area contributed by atoms with E-state index in [2.05, 4.69) is 6.92 Å². The zero-order valence-corrected chi connectivity index (χ0v) is 14.2. The lowest BCUT2D eigenvalue weighted by molar-refractivity contribution is -0.164. The molecule has 2 aliphatic rings. The van der Waals surface area contributed by atoms with Gasteiger partial charge < -0.3 is 14.4 Å². The Balaban J connectivity index is 1.53. The highest BCUT2D eigenvalue weighted by atomic mass is 16.6. The lowest BCUT2D eigenvalue weighted by Gasteiger charge is -2.40. The van der Waals surface area contributed by atoms with E-state index in [9.17, 15) is 9.59 Å². The smallest absolute Gasteiger partial charge is 0.410 e. The first kappa shape index (κ1) is 16.8. The van der Waals surface area contributed by atoms with Crippen molar-refractivity contribution in [3.63, 3.8) is 0 Å². The standard InChI is InChI=1S/C19H25NO4/c1-2-3-11-23-17(21)19-10-9-16(19)12-20(14-19)18(22)24-13-15-7-5-4-6-8-15/h4-8,16H,2-3,9-14H2,1H3. The summed E-state index contributed by atoms with van der Waals surface area (Å²) in [5.74, 6) is 0.0847. The van der Waals surface area contributed by atoms with Crippen LogP contribution in [-0.2, 0) is 20.9 Å². The summed E-state index contributed by atoms with van der Waals surface area (Å²) in [4.78, 5) is 26.4. The summed E-state index contributed by atoms with van der Waals surface area (Å²) in [7, 11) is 0. The topological polar surface area (TPSA) is 55.8 Å². The van der Waals surface area contributed by atoms with Gasteiger partial charge in [0.2, 0.25) is 0 Å². The Morgan fingerprint density at radius 1 is 1.25 bits per heavy atom. The lowest BCUT2D eigenvalue weighted by Crippen LogP contribution is -2.47. The number of nitrogens with zero attached hydrogens (tertiary/aromatic N) is 1. The number of carbonyl (C=O) groups is 2. The Labute approximate surface area is 142 Å². The van der Waals surface area contributed by atoms with Gasteiger partial charge in [-0.3, -0.25) is 4.79 Å². The van der Waals surface area contributed by atoms with E-state index in [1.54, 1.807) is 4.90 Å². The minimum absolute atomic E-state index is 0.134. The van der Waals surface area contributed by atoms with E-state index in [1.165, 1.54) is 0 Å². The molecule has 1 aromatic rings. The summed E-state index contributed by atoms with van der Waals surface area (Å²) in [5, 5.41) is 0. The SMILES string of the molecule is CCCCOC(=O)C12CCC1CN(C(=O)OCc1ccccc1)C2. The van der Waals surface area contributed by atoms with Crippen molar-refractivity contribution in [2.24, 2.45) is 11.3 Å².